The number of ketones is 1. The van der Waals surface area contributed by atoms with Gasteiger partial charge in [0, 0.05) is 18.2 Å². The van der Waals surface area contributed by atoms with Crippen LogP contribution >= 0.6 is 11.3 Å². The number of carbonyl (C=O) groups excluding carboxylic acids is 2. The minimum atomic E-state index is -1.02. The number of nitrogens with zero attached hydrogens (tertiary/aromatic N) is 2. The van der Waals surface area contributed by atoms with Crippen LogP contribution in [0.2, 0.25) is 0 Å². The zero-order valence-electron chi connectivity index (χ0n) is 13.3. The summed E-state index contributed by atoms with van der Waals surface area (Å²) in [5.41, 5.74) is 1.90. The fourth-order valence-corrected chi connectivity index (χ4v) is 2.89. The van der Waals surface area contributed by atoms with Crippen LogP contribution in [-0.2, 0) is 20.9 Å². The van der Waals surface area contributed by atoms with Crippen LogP contribution in [0.3, 0.4) is 0 Å². The number of ether oxygens (including phenoxy) is 2. The Morgan fingerprint density at radius 1 is 1.42 bits per heavy atom. The first-order valence-electron chi connectivity index (χ1n) is 7.14. The van der Waals surface area contributed by atoms with E-state index in [9.17, 15) is 14.9 Å². The average Bonchev–Trinajstić information content (AvgIpc) is 3.00. The lowest BCUT2D eigenvalue weighted by Crippen LogP contribution is -2.20. The molecule has 1 heterocycles. The van der Waals surface area contributed by atoms with Crippen LogP contribution in [-0.4, -0.2) is 30.5 Å². The van der Waals surface area contributed by atoms with Gasteiger partial charge in [-0.1, -0.05) is 12.1 Å². The summed E-state index contributed by atoms with van der Waals surface area (Å²) in [6, 6.07) is 8.68. The van der Waals surface area contributed by atoms with Gasteiger partial charge in [0.05, 0.1) is 18.2 Å². The van der Waals surface area contributed by atoms with Gasteiger partial charge in [-0.3, -0.25) is 4.79 Å². The second-order valence-corrected chi connectivity index (χ2v) is 5.95. The van der Waals surface area contributed by atoms with Crippen molar-refractivity contribution < 1.29 is 19.1 Å². The van der Waals surface area contributed by atoms with Crippen LogP contribution in [0.15, 0.2) is 29.6 Å². The Bertz CT molecular complexity index is 779. The van der Waals surface area contributed by atoms with E-state index in [-0.39, 0.29) is 0 Å². The molecule has 0 spiro atoms. The Kier molecular flexibility index (Phi) is 6.18. The minimum absolute atomic E-state index is 0.330. The summed E-state index contributed by atoms with van der Waals surface area (Å²) in [7, 11) is 1.56. The third-order valence-electron chi connectivity index (χ3n) is 3.15. The van der Waals surface area contributed by atoms with Crippen LogP contribution in [0, 0.1) is 18.3 Å². The molecule has 0 aliphatic rings. The van der Waals surface area contributed by atoms with Crippen LogP contribution in [0.25, 0.3) is 0 Å². The van der Waals surface area contributed by atoms with Crippen molar-refractivity contribution >= 4 is 23.1 Å². The van der Waals surface area contributed by atoms with E-state index in [0.717, 1.165) is 11.3 Å². The molecule has 0 aliphatic carbocycles. The van der Waals surface area contributed by atoms with Crippen molar-refractivity contribution in [3.63, 3.8) is 0 Å². The van der Waals surface area contributed by atoms with Gasteiger partial charge in [0.2, 0.25) is 0 Å². The zero-order chi connectivity index (χ0) is 17.5. The third-order valence-corrected chi connectivity index (χ3v) is 4.18. The summed E-state index contributed by atoms with van der Waals surface area (Å²) in [4.78, 5) is 28.3. The highest BCUT2D eigenvalue weighted by Crippen LogP contribution is 2.21. The summed E-state index contributed by atoms with van der Waals surface area (Å²) >= 11 is 1.24. The molecule has 0 radical (unpaired) electrons. The number of esters is 1. The molecule has 0 aliphatic heterocycles. The third kappa shape index (κ3) is 4.47. The Balaban J connectivity index is 1.99. The second-order valence-electron chi connectivity index (χ2n) is 5.07. The number of aryl methyl sites for hydroxylation is 1. The number of rotatable bonds is 7. The van der Waals surface area contributed by atoms with Crippen LogP contribution < -0.4 is 0 Å². The van der Waals surface area contributed by atoms with E-state index in [1.54, 1.807) is 37.6 Å². The summed E-state index contributed by atoms with van der Waals surface area (Å²) in [6.07, 6.45) is 0. The smallest absolute Gasteiger partial charge is 0.338 e. The molecule has 1 aromatic heterocycles. The van der Waals surface area contributed by atoms with E-state index in [1.165, 1.54) is 11.3 Å². The van der Waals surface area contributed by atoms with Gasteiger partial charge < -0.3 is 9.47 Å². The lowest BCUT2D eigenvalue weighted by atomic mass is 10.1. The van der Waals surface area contributed by atoms with E-state index < -0.39 is 24.3 Å². The number of Topliss-reactive ketones (excluding diaryl/α,β-unsaturated/α-hetero) is 1. The summed E-state index contributed by atoms with van der Waals surface area (Å²) < 4.78 is 10.0. The maximum Gasteiger partial charge on any atom is 0.338 e. The molecule has 0 unspecified atom stereocenters. The molecule has 2 aromatic rings. The second kappa shape index (κ2) is 8.34. The molecule has 0 saturated carbocycles. The van der Waals surface area contributed by atoms with Gasteiger partial charge in [0.15, 0.2) is 18.3 Å². The average molecular weight is 344 g/mol. The number of thiazole rings is 1. The van der Waals surface area contributed by atoms with Gasteiger partial charge in [0.1, 0.15) is 5.01 Å². The van der Waals surface area contributed by atoms with E-state index in [4.69, 9.17) is 9.47 Å². The van der Waals surface area contributed by atoms with Crippen molar-refractivity contribution in [1.29, 1.82) is 5.26 Å². The van der Waals surface area contributed by atoms with Crippen molar-refractivity contribution in [2.45, 2.75) is 19.4 Å². The van der Waals surface area contributed by atoms with Crippen LogP contribution in [0.4, 0.5) is 0 Å². The summed E-state index contributed by atoms with van der Waals surface area (Å²) in [5.74, 6) is -2.13. The van der Waals surface area contributed by atoms with Gasteiger partial charge in [0.25, 0.3) is 0 Å². The molecule has 1 atom stereocenters. The lowest BCUT2D eigenvalue weighted by molar-refractivity contribution is -0.122. The number of benzene rings is 1. The summed E-state index contributed by atoms with van der Waals surface area (Å²) in [5, 5.41) is 11.4. The quantitative estimate of drug-likeness (QED) is 0.717. The fourth-order valence-electron chi connectivity index (χ4n) is 2.03. The highest BCUT2D eigenvalue weighted by atomic mass is 32.1. The Hall–Kier alpha value is -2.56. The standard InChI is InChI=1S/C17H16N2O4S/c1-11-10-24-16(19-11)14(7-18)15(20)9-23-17(21)13-5-3-4-12(6-13)8-22-2/h3-6,10,14H,8-9H2,1-2H3/t14-/m1/s1. The van der Waals surface area contributed by atoms with E-state index in [2.05, 4.69) is 4.98 Å². The molecule has 124 valence electrons. The first kappa shape index (κ1) is 17.8. The van der Waals surface area contributed by atoms with E-state index >= 15 is 0 Å². The predicted octanol–water partition coefficient (Wildman–Crippen LogP) is 2.63. The van der Waals surface area contributed by atoms with Crippen LogP contribution in [0.1, 0.15) is 32.5 Å². The molecule has 0 amide bonds. The van der Waals surface area contributed by atoms with Gasteiger partial charge >= 0.3 is 5.97 Å². The summed E-state index contributed by atoms with van der Waals surface area (Å²) in [6.45, 7) is 1.69. The van der Waals surface area contributed by atoms with Gasteiger partial charge in [-0.25, -0.2) is 9.78 Å². The number of aromatic nitrogens is 1. The molecule has 0 saturated heterocycles. The van der Waals surface area contributed by atoms with Crippen LogP contribution in [0.5, 0.6) is 0 Å². The number of carbonyl (C=O) groups is 2. The first-order valence-corrected chi connectivity index (χ1v) is 8.02. The van der Waals surface area contributed by atoms with Crippen molar-refractivity contribution in [1.82, 2.24) is 4.98 Å². The Labute approximate surface area is 143 Å². The van der Waals surface area contributed by atoms with Gasteiger partial charge in [-0.15, -0.1) is 11.3 Å². The Morgan fingerprint density at radius 3 is 2.83 bits per heavy atom. The highest BCUT2D eigenvalue weighted by Gasteiger charge is 2.24. The molecule has 7 heteroatoms. The predicted molar refractivity (Wildman–Crippen MR) is 87.6 cm³/mol. The number of hydrogen-bond acceptors (Lipinski definition) is 7. The number of nitriles is 1. The molecule has 0 N–H and O–H groups in total. The molecule has 6 nitrogen and oxygen atoms in total. The number of hydrogen-bond donors (Lipinski definition) is 0. The highest BCUT2D eigenvalue weighted by molar-refractivity contribution is 7.09. The van der Waals surface area contributed by atoms with Crippen molar-refractivity contribution in [3.05, 3.63) is 51.5 Å². The maximum atomic E-state index is 12.1. The molecule has 24 heavy (non-hydrogen) atoms. The first-order chi connectivity index (χ1) is 11.5. The molecular formula is C17H16N2O4S. The lowest BCUT2D eigenvalue weighted by Gasteiger charge is -2.08. The van der Waals surface area contributed by atoms with E-state index in [1.807, 2.05) is 12.1 Å². The van der Waals surface area contributed by atoms with Crippen molar-refractivity contribution in [2.24, 2.45) is 0 Å². The minimum Gasteiger partial charge on any atom is -0.454 e. The molecule has 1 aromatic carbocycles. The largest absolute Gasteiger partial charge is 0.454 e. The topological polar surface area (TPSA) is 89.3 Å². The molecule has 0 fully saturated rings. The molecule has 0 bridgehead atoms. The number of methoxy groups -OCH3 is 1. The SMILES string of the molecule is COCc1cccc(C(=O)OCC(=O)[C@@H](C#N)c2nc(C)cs2)c1. The van der Waals surface area contributed by atoms with Gasteiger partial charge in [-0.05, 0) is 24.6 Å². The van der Waals surface area contributed by atoms with Crippen molar-refractivity contribution in [2.75, 3.05) is 13.7 Å². The zero-order valence-corrected chi connectivity index (χ0v) is 14.1. The monoisotopic (exact) mass is 344 g/mol. The Morgan fingerprint density at radius 2 is 2.21 bits per heavy atom. The van der Waals surface area contributed by atoms with Gasteiger partial charge in [-0.2, -0.15) is 5.26 Å². The molecular weight excluding hydrogens is 328 g/mol. The van der Waals surface area contributed by atoms with E-state index in [0.29, 0.717) is 17.2 Å². The molecule has 2 rings (SSSR count). The normalized spacial score (nSPS) is 11.5. The maximum absolute atomic E-state index is 12.1. The van der Waals surface area contributed by atoms with Crippen molar-refractivity contribution in [3.8, 4) is 6.07 Å². The fraction of sp³-hybridized carbons (Fsp3) is 0.294.